The second-order valence-electron chi connectivity index (χ2n) is 7.12. The largest absolute Gasteiger partial charge is 0.494 e. The Labute approximate surface area is 195 Å². The number of nitrogens with zero attached hydrogens (tertiary/aromatic N) is 2. The minimum Gasteiger partial charge on any atom is -0.494 e. The third-order valence-electron chi connectivity index (χ3n) is 4.84. The van der Waals surface area contributed by atoms with Crippen molar-refractivity contribution in [2.24, 2.45) is 5.10 Å². The first-order valence-corrected chi connectivity index (χ1v) is 12.3. The van der Waals surface area contributed by atoms with Gasteiger partial charge in [0.05, 0.1) is 38.5 Å². The van der Waals surface area contributed by atoms with Gasteiger partial charge in [-0.05, 0) is 62.7 Å². The Morgan fingerprint density at radius 2 is 1.70 bits per heavy atom. The molecule has 0 aliphatic carbocycles. The first-order valence-electron chi connectivity index (χ1n) is 10.5. The van der Waals surface area contributed by atoms with Gasteiger partial charge in [-0.15, -0.1) is 0 Å². The van der Waals surface area contributed by atoms with E-state index in [2.05, 4.69) is 10.5 Å². The molecule has 0 bridgehead atoms. The van der Waals surface area contributed by atoms with Crippen LogP contribution >= 0.6 is 0 Å². The second kappa shape index (κ2) is 11.6. The van der Waals surface area contributed by atoms with E-state index < -0.39 is 22.0 Å². The number of amides is 1. The van der Waals surface area contributed by atoms with Gasteiger partial charge < -0.3 is 14.2 Å². The van der Waals surface area contributed by atoms with Crippen molar-refractivity contribution in [3.8, 4) is 17.2 Å². The Balaban J connectivity index is 2.27. The van der Waals surface area contributed by atoms with Gasteiger partial charge in [0.2, 0.25) is 10.0 Å². The minimum atomic E-state index is -3.75. The summed E-state index contributed by atoms with van der Waals surface area (Å²) in [5, 5.41) is 4.24. The lowest BCUT2D eigenvalue weighted by Crippen LogP contribution is -2.47. The smallest absolute Gasteiger partial charge is 0.263 e. The van der Waals surface area contributed by atoms with Crippen LogP contribution < -0.4 is 23.9 Å². The number of carbonyl (C=O) groups is 1. The van der Waals surface area contributed by atoms with E-state index in [1.165, 1.54) is 14.0 Å². The fourth-order valence-electron chi connectivity index (χ4n) is 3.24. The van der Waals surface area contributed by atoms with Crippen molar-refractivity contribution < 1.29 is 27.4 Å². The summed E-state index contributed by atoms with van der Waals surface area (Å²) in [7, 11) is -0.664. The van der Waals surface area contributed by atoms with Gasteiger partial charge in [-0.1, -0.05) is 6.92 Å². The van der Waals surface area contributed by atoms with E-state index in [0.29, 0.717) is 41.7 Å². The molecule has 0 saturated carbocycles. The molecule has 1 N–H and O–H groups in total. The standard InChI is InChI=1S/C23H31N3O6S/c1-7-20(17-9-14-21(30-4)22(15-17)31-5)24-25-23(27)16(3)26(33(6,28)29)18-10-12-19(13-11-18)32-8-2/h9-16H,7-8H2,1-6H3,(H,25,27)/b24-20-/t16-/m0/s1. The molecule has 9 nitrogen and oxygen atoms in total. The van der Waals surface area contributed by atoms with Gasteiger partial charge >= 0.3 is 0 Å². The number of nitrogens with one attached hydrogen (secondary N) is 1. The Bertz CT molecular complexity index is 1080. The molecule has 0 heterocycles. The normalized spacial score (nSPS) is 12.6. The number of hydrogen-bond donors (Lipinski definition) is 1. The molecule has 0 saturated heterocycles. The second-order valence-corrected chi connectivity index (χ2v) is 8.98. The number of methoxy groups -OCH3 is 2. The molecule has 0 radical (unpaired) electrons. The summed E-state index contributed by atoms with van der Waals surface area (Å²) in [6.45, 7) is 5.75. The molecule has 1 atom stereocenters. The molecule has 0 fully saturated rings. The molecule has 180 valence electrons. The van der Waals surface area contributed by atoms with Crippen molar-refractivity contribution in [3.05, 3.63) is 48.0 Å². The first kappa shape index (κ1) is 26.0. The maximum atomic E-state index is 12.9. The molecule has 1 amide bonds. The number of carbonyl (C=O) groups excluding carboxylic acids is 1. The quantitative estimate of drug-likeness (QED) is 0.394. The van der Waals surface area contributed by atoms with Crippen LogP contribution in [-0.4, -0.2) is 53.2 Å². The lowest BCUT2D eigenvalue weighted by Gasteiger charge is -2.27. The zero-order valence-corrected chi connectivity index (χ0v) is 20.6. The van der Waals surface area contributed by atoms with Gasteiger partial charge in [0.25, 0.3) is 5.91 Å². The zero-order chi connectivity index (χ0) is 24.6. The van der Waals surface area contributed by atoms with Crippen molar-refractivity contribution in [2.75, 3.05) is 31.4 Å². The van der Waals surface area contributed by atoms with Crippen LogP contribution in [0.2, 0.25) is 0 Å². The van der Waals surface area contributed by atoms with Gasteiger partial charge in [-0.25, -0.2) is 13.8 Å². The Morgan fingerprint density at radius 3 is 2.21 bits per heavy atom. The minimum absolute atomic E-state index is 0.350. The van der Waals surface area contributed by atoms with Gasteiger partial charge in [-0.3, -0.25) is 9.10 Å². The first-order chi connectivity index (χ1) is 15.7. The third kappa shape index (κ3) is 6.61. The number of ether oxygens (including phenoxy) is 3. The molecule has 33 heavy (non-hydrogen) atoms. The van der Waals surface area contributed by atoms with E-state index in [4.69, 9.17) is 14.2 Å². The van der Waals surface area contributed by atoms with E-state index in [0.717, 1.165) is 16.1 Å². The van der Waals surface area contributed by atoms with Crippen LogP contribution in [0, 0.1) is 0 Å². The number of rotatable bonds is 11. The van der Waals surface area contributed by atoms with Crippen LogP contribution in [0.25, 0.3) is 0 Å². The summed E-state index contributed by atoms with van der Waals surface area (Å²) in [6.07, 6.45) is 1.58. The van der Waals surface area contributed by atoms with Crippen LogP contribution in [-0.2, 0) is 14.8 Å². The van der Waals surface area contributed by atoms with Crippen molar-refractivity contribution in [3.63, 3.8) is 0 Å². The topological polar surface area (TPSA) is 107 Å². The predicted octanol–water partition coefficient (Wildman–Crippen LogP) is 3.19. The molecule has 0 unspecified atom stereocenters. The van der Waals surface area contributed by atoms with E-state index in [1.54, 1.807) is 43.5 Å². The molecule has 0 aliphatic rings. The number of sulfonamides is 1. The monoisotopic (exact) mass is 477 g/mol. The average molecular weight is 478 g/mol. The molecule has 2 aromatic carbocycles. The van der Waals surface area contributed by atoms with Crippen LogP contribution in [0.3, 0.4) is 0 Å². The Kier molecular flexibility index (Phi) is 9.10. The molecule has 0 aromatic heterocycles. The van der Waals surface area contributed by atoms with Gasteiger partial charge in [0.1, 0.15) is 11.8 Å². The highest BCUT2D eigenvalue weighted by Crippen LogP contribution is 2.28. The average Bonchev–Trinajstić information content (AvgIpc) is 2.79. The van der Waals surface area contributed by atoms with Crippen molar-refractivity contribution in [1.82, 2.24) is 5.43 Å². The fraction of sp³-hybridized carbons (Fsp3) is 0.391. The van der Waals surface area contributed by atoms with Crippen molar-refractivity contribution in [2.45, 2.75) is 33.2 Å². The predicted molar refractivity (Wildman–Crippen MR) is 129 cm³/mol. The molecule has 10 heteroatoms. The van der Waals surface area contributed by atoms with Crippen molar-refractivity contribution in [1.29, 1.82) is 0 Å². The van der Waals surface area contributed by atoms with Crippen molar-refractivity contribution >= 4 is 27.3 Å². The Morgan fingerprint density at radius 1 is 1.06 bits per heavy atom. The van der Waals surface area contributed by atoms with Gasteiger partial charge in [0.15, 0.2) is 11.5 Å². The van der Waals surface area contributed by atoms with Gasteiger partial charge in [0, 0.05) is 5.56 Å². The lowest BCUT2D eigenvalue weighted by atomic mass is 10.1. The van der Waals surface area contributed by atoms with Crippen LogP contribution in [0.1, 0.15) is 32.8 Å². The molecule has 2 rings (SSSR count). The van der Waals surface area contributed by atoms with E-state index in [1.807, 2.05) is 19.9 Å². The highest BCUT2D eigenvalue weighted by Gasteiger charge is 2.29. The van der Waals surface area contributed by atoms with E-state index >= 15 is 0 Å². The number of benzene rings is 2. The molecule has 0 spiro atoms. The summed E-state index contributed by atoms with van der Waals surface area (Å²) in [5.74, 6) is 1.16. The summed E-state index contributed by atoms with van der Waals surface area (Å²) < 4.78 is 42.0. The maximum Gasteiger partial charge on any atom is 0.263 e. The van der Waals surface area contributed by atoms with Crippen LogP contribution in [0.4, 0.5) is 5.69 Å². The fourth-order valence-corrected chi connectivity index (χ4v) is 4.42. The maximum absolute atomic E-state index is 12.9. The number of hydrazone groups is 1. The summed E-state index contributed by atoms with van der Waals surface area (Å²) in [4.78, 5) is 12.9. The van der Waals surface area contributed by atoms with E-state index in [9.17, 15) is 13.2 Å². The third-order valence-corrected chi connectivity index (χ3v) is 6.09. The summed E-state index contributed by atoms with van der Waals surface area (Å²) >= 11 is 0. The van der Waals surface area contributed by atoms with E-state index in [-0.39, 0.29) is 0 Å². The SMILES string of the molecule is CCOc1ccc(N([C@@H](C)C(=O)N/N=C(/CC)c2ccc(OC)c(OC)c2)S(C)(=O)=O)cc1. The molecular formula is C23H31N3O6S. The molecule has 2 aromatic rings. The highest BCUT2D eigenvalue weighted by atomic mass is 32.2. The number of anilines is 1. The molecular weight excluding hydrogens is 446 g/mol. The van der Waals surface area contributed by atoms with Crippen LogP contribution in [0.15, 0.2) is 47.6 Å². The lowest BCUT2D eigenvalue weighted by molar-refractivity contribution is -0.121. The zero-order valence-electron chi connectivity index (χ0n) is 19.8. The highest BCUT2D eigenvalue weighted by molar-refractivity contribution is 7.92. The Hall–Kier alpha value is -3.27. The summed E-state index contributed by atoms with van der Waals surface area (Å²) in [6, 6.07) is 10.8. The number of hydrogen-bond acceptors (Lipinski definition) is 7. The van der Waals surface area contributed by atoms with Crippen LogP contribution in [0.5, 0.6) is 17.2 Å². The summed E-state index contributed by atoms with van der Waals surface area (Å²) in [5.41, 5.74) is 4.19. The van der Waals surface area contributed by atoms with Gasteiger partial charge in [-0.2, -0.15) is 5.10 Å². The molecule has 0 aliphatic heterocycles.